The van der Waals surface area contributed by atoms with Crippen LogP contribution in [0.5, 0.6) is 0 Å². The van der Waals surface area contributed by atoms with Gasteiger partial charge in [-0.2, -0.15) is 0 Å². The summed E-state index contributed by atoms with van der Waals surface area (Å²) in [4.78, 5) is 0. The number of rotatable bonds is 2. The van der Waals surface area contributed by atoms with Gasteiger partial charge < -0.3 is 5.11 Å². The number of halogens is 1. The molecule has 0 aromatic heterocycles. The standard InChI is InChI=1S/C10H11FO/c11-9-3-1-2-8(6-12)10(9)7-4-5-7/h1-3,7,12H,4-6H2. The van der Waals surface area contributed by atoms with Crippen molar-refractivity contribution in [1.29, 1.82) is 0 Å². The van der Waals surface area contributed by atoms with Gasteiger partial charge >= 0.3 is 0 Å². The van der Waals surface area contributed by atoms with Crippen molar-refractivity contribution in [2.45, 2.75) is 25.4 Å². The molecule has 0 heterocycles. The summed E-state index contributed by atoms with van der Waals surface area (Å²) in [7, 11) is 0. The van der Waals surface area contributed by atoms with Gasteiger partial charge in [0, 0.05) is 0 Å². The lowest BCUT2D eigenvalue weighted by Crippen LogP contribution is -1.95. The van der Waals surface area contributed by atoms with Crippen LogP contribution < -0.4 is 0 Å². The Morgan fingerprint density at radius 2 is 2.17 bits per heavy atom. The van der Waals surface area contributed by atoms with Crippen molar-refractivity contribution in [3.63, 3.8) is 0 Å². The average molecular weight is 166 g/mol. The normalized spacial score (nSPS) is 16.5. The van der Waals surface area contributed by atoms with Gasteiger partial charge in [-0.15, -0.1) is 0 Å². The smallest absolute Gasteiger partial charge is 0.127 e. The average Bonchev–Trinajstić information content (AvgIpc) is 2.87. The number of aliphatic hydroxyl groups excluding tert-OH is 1. The summed E-state index contributed by atoms with van der Waals surface area (Å²) in [6.45, 7) is -0.0520. The summed E-state index contributed by atoms with van der Waals surface area (Å²) >= 11 is 0. The predicted octanol–water partition coefficient (Wildman–Crippen LogP) is 2.20. The van der Waals surface area contributed by atoms with E-state index in [2.05, 4.69) is 0 Å². The molecule has 0 spiro atoms. The van der Waals surface area contributed by atoms with Crippen LogP contribution in [-0.4, -0.2) is 5.11 Å². The molecule has 2 rings (SSSR count). The van der Waals surface area contributed by atoms with Crippen LogP contribution in [0.3, 0.4) is 0 Å². The van der Waals surface area contributed by atoms with E-state index < -0.39 is 0 Å². The Labute approximate surface area is 70.8 Å². The molecule has 1 aliphatic rings. The molecule has 1 aromatic rings. The van der Waals surface area contributed by atoms with Crippen LogP contribution in [-0.2, 0) is 6.61 Å². The summed E-state index contributed by atoms with van der Waals surface area (Å²) in [5.41, 5.74) is 1.48. The summed E-state index contributed by atoms with van der Waals surface area (Å²) in [6, 6.07) is 4.90. The molecule has 2 heteroatoms. The molecule has 1 N–H and O–H groups in total. The number of hydrogen-bond donors (Lipinski definition) is 1. The topological polar surface area (TPSA) is 20.2 Å². The second-order valence-electron chi connectivity index (χ2n) is 3.25. The number of hydrogen-bond acceptors (Lipinski definition) is 1. The zero-order chi connectivity index (χ0) is 8.55. The molecule has 64 valence electrons. The third-order valence-electron chi connectivity index (χ3n) is 2.30. The fourth-order valence-corrected chi connectivity index (χ4v) is 1.55. The van der Waals surface area contributed by atoms with Crippen molar-refractivity contribution in [3.8, 4) is 0 Å². The Kier molecular flexibility index (Phi) is 1.85. The van der Waals surface area contributed by atoms with E-state index in [1.54, 1.807) is 12.1 Å². The van der Waals surface area contributed by atoms with Crippen LogP contribution in [0.2, 0.25) is 0 Å². The van der Waals surface area contributed by atoms with Crippen molar-refractivity contribution in [1.82, 2.24) is 0 Å². The SMILES string of the molecule is OCc1cccc(F)c1C1CC1. The lowest BCUT2D eigenvalue weighted by molar-refractivity contribution is 0.279. The van der Waals surface area contributed by atoms with E-state index in [9.17, 15) is 4.39 Å². The van der Waals surface area contributed by atoms with Crippen molar-refractivity contribution >= 4 is 0 Å². The van der Waals surface area contributed by atoms with E-state index in [1.807, 2.05) is 0 Å². The van der Waals surface area contributed by atoms with Gasteiger partial charge in [-0.1, -0.05) is 12.1 Å². The molecular formula is C10H11FO. The van der Waals surface area contributed by atoms with Crippen LogP contribution in [0.15, 0.2) is 18.2 Å². The van der Waals surface area contributed by atoms with Crippen LogP contribution in [0.1, 0.15) is 29.9 Å². The molecular weight excluding hydrogens is 155 g/mol. The lowest BCUT2D eigenvalue weighted by Gasteiger charge is -2.06. The van der Waals surface area contributed by atoms with Gasteiger partial charge in [-0.25, -0.2) is 4.39 Å². The molecule has 1 saturated carbocycles. The molecule has 12 heavy (non-hydrogen) atoms. The zero-order valence-electron chi connectivity index (χ0n) is 6.76. The quantitative estimate of drug-likeness (QED) is 0.714. The Balaban J connectivity index is 2.45. The number of aliphatic hydroxyl groups is 1. The van der Waals surface area contributed by atoms with Gasteiger partial charge in [0.05, 0.1) is 6.61 Å². The monoisotopic (exact) mass is 166 g/mol. The predicted molar refractivity (Wildman–Crippen MR) is 44.3 cm³/mol. The summed E-state index contributed by atoms with van der Waals surface area (Å²) in [6.07, 6.45) is 2.13. The Hall–Kier alpha value is -0.890. The molecule has 0 radical (unpaired) electrons. The van der Waals surface area contributed by atoms with Gasteiger partial charge in [0.25, 0.3) is 0 Å². The largest absolute Gasteiger partial charge is 0.392 e. The molecule has 0 unspecified atom stereocenters. The minimum atomic E-state index is -0.163. The fourth-order valence-electron chi connectivity index (χ4n) is 1.55. The molecule has 0 amide bonds. The van der Waals surface area contributed by atoms with Gasteiger partial charge in [-0.3, -0.25) is 0 Å². The highest BCUT2D eigenvalue weighted by Crippen LogP contribution is 2.42. The second kappa shape index (κ2) is 2.87. The van der Waals surface area contributed by atoms with Gasteiger partial charge in [0.15, 0.2) is 0 Å². The first-order valence-electron chi connectivity index (χ1n) is 4.21. The fraction of sp³-hybridized carbons (Fsp3) is 0.400. The van der Waals surface area contributed by atoms with Crippen molar-refractivity contribution in [3.05, 3.63) is 35.1 Å². The maximum absolute atomic E-state index is 13.2. The van der Waals surface area contributed by atoms with Crippen molar-refractivity contribution in [2.24, 2.45) is 0 Å². The van der Waals surface area contributed by atoms with Crippen LogP contribution in [0.25, 0.3) is 0 Å². The van der Waals surface area contributed by atoms with Gasteiger partial charge in [0.2, 0.25) is 0 Å². The molecule has 0 bridgehead atoms. The first-order valence-corrected chi connectivity index (χ1v) is 4.21. The van der Waals surface area contributed by atoms with E-state index in [0.29, 0.717) is 5.92 Å². The maximum atomic E-state index is 13.2. The zero-order valence-corrected chi connectivity index (χ0v) is 6.76. The molecule has 0 atom stereocenters. The first kappa shape index (κ1) is 7.74. The van der Waals surface area contributed by atoms with Crippen molar-refractivity contribution < 1.29 is 9.50 Å². The lowest BCUT2D eigenvalue weighted by atomic mass is 10.0. The Morgan fingerprint density at radius 1 is 1.42 bits per heavy atom. The van der Waals surface area contributed by atoms with Crippen molar-refractivity contribution in [2.75, 3.05) is 0 Å². The molecule has 1 nitrogen and oxygen atoms in total. The summed E-state index contributed by atoms with van der Waals surface area (Å²) in [5, 5.41) is 8.95. The molecule has 1 aliphatic carbocycles. The third kappa shape index (κ3) is 1.23. The van der Waals surface area contributed by atoms with E-state index in [-0.39, 0.29) is 12.4 Å². The van der Waals surface area contributed by atoms with Crippen LogP contribution in [0.4, 0.5) is 4.39 Å². The van der Waals surface area contributed by atoms with E-state index in [0.717, 1.165) is 24.0 Å². The summed E-state index contributed by atoms with van der Waals surface area (Å²) < 4.78 is 13.2. The minimum absolute atomic E-state index is 0.0520. The maximum Gasteiger partial charge on any atom is 0.127 e. The second-order valence-corrected chi connectivity index (χ2v) is 3.25. The highest BCUT2D eigenvalue weighted by molar-refractivity contribution is 5.34. The highest BCUT2D eigenvalue weighted by atomic mass is 19.1. The van der Waals surface area contributed by atoms with Crippen LogP contribution >= 0.6 is 0 Å². The minimum Gasteiger partial charge on any atom is -0.392 e. The Bertz CT molecular complexity index is 292. The molecule has 1 aromatic carbocycles. The van der Waals surface area contributed by atoms with E-state index in [4.69, 9.17) is 5.11 Å². The molecule has 0 aliphatic heterocycles. The van der Waals surface area contributed by atoms with Crippen LogP contribution in [0, 0.1) is 5.82 Å². The summed E-state index contributed by atoms with van der Waals surface area (Å²) in [5.74, 6) is 0.206. The van der Waals surface area contributed by atoms with Gasteiger partial charge in [0.1, 0.15) is 5.82 Å². The van der Waals surface area contributed by atoms with E-state index in [1.165, 1.54) is 6.07 Å². The first-order chi connectivity index (χ1) is 5.83. The number of benzene rings is 1. The molecule has 0 saturated heterocycles. The Morgan fingerprint density at radius 3 is 2.75 bits per heavy atom. The highest BCUT2D eigenvalue weighted by Gasteiger charge is 2.28. The van der Waals surface area contributed by atoms with Gasteiger partial charge in [-0.05, 0) is 36.0 Å². The third-order valence-corrected chi connectivity index (χ3v) is 2.30. The molecule has 1 fully saturated rings. The van der Waals surface area contributed by atoms with E-state index >= 15 is 0 Å².